The predicted molar refractivity (Wildman–Crippen MR) is 55.3 cm³/mol. The molecular formula is C10H16N2O3. The highest BCUT2D eigenvalue weighted by molar-refractivity contribution is 5.85. The minimum atomic E-state index is -0.572. The van der Waals surface area contributed by atoms with Crippen LogP contribution in [0.2, 0.25) is 0 Å². The Morgan fingerprint density at radius 3 is 3.20 bits per heavy atom. The predicted octanol–water partition coefficient (Wildman–Crippen LogP) is 0.567. The van der Waals surface area contributed by atoms with E-state index in [0.29, 0.717) is 13.0 Å². The summed E-state index contributed by atoms with van der Waals surface area (Å²) in [4.78, 5) is 22.6. The normalized spacial score (nSPS) is 21.1. The van der Waals surface area contributed by atoms with E-state index in [2.05, 4.69) is 17.2 Å². The third-order valence-electron chi connectivity index (χ3n) is 2.16. The second-order valence-corrected chi connectivity index (χ2v) is 3.37. The summed E-state index contributed by atoms with van der Waals surface area (Å²) in [7, 11) is 0. The highest BCUT2D eigenvalue weighted by Crippen LogP contribution is 2.05. The largest absolute Gasteiger partial charge is 0.445 e. The van der Waals surface area contributed by atoms with Crippen LogP contribution in [0, 0.1) is 0 Å². The second-order valence-electron chi connectivity index (χ2n) is 3.37. The molecule has 2 N–H and O–H groups in total. The number of carbonyl (C=O) groups is 2. The molecule has 0 unspecified atom stereocenters. The molecule has 1 aliphatic heterocycles. The molecule has 1 heterocycles. The Kier molecular flexibility index (Phi) is 4.66. The van der Waals surface area contributed by atoms with Gasteiger partial charge in [0.05, 0.1) is 0 Å². The molecule has 1 aliphatic rings. The fraction of sp³-hybridized carbons (Fsp3) is 0.600. The van der Waals surface area contributed by atoms with Gasteiger partial charge in [-0.2, -0.15) is 0 Å². The average molecular weight is 212 g/mol. The fourth-order valence-electron chi connectivity index (χ4n) is 1.40. The summed E-state index contributed by atoms with van der Waals surface area (Å²) in [6.07, 6.45) is 3.44. The van der Waals surface area contributed by atoms with E-state index in [-0.39, 0.29) is 12.5 Å². The van der Waals surface area contributed by atoms with Crippen molar-refractivity contribution in [1.82, 2.24) is 10.6 Å². The van der Waals surface area contributed by atoms with Crippen LogP contribution in [-0.4, -0.2) is 31.2 Å². The lowest BCUT2D eigenvalue weighted by Gasteiger charge is -2.14. The summed E-state index contributed by atoms with van der Waals surface area (Å²) in [6, 6.07) is -0.468. The van der Waals surface area contributed by atoms with Crippen molar-refractivity contribution in [3.05, 3.63) is 12.7 Å². The van der Waals surface area contributed by atoms with E-state index in [1.54, 1.807) is 0 Å². The quantitative estimate of drug-likeness (QED) is 0.672. The summed E-state index contributed by atoms with van der Waals surface area (Å²) >= 11 is 0. The maximum atomic E-state index is 11.4. The van der Waals surface area contributed by atoms with Crippen LogP contribution in [0.4, 0.5) is 4.79 Å². The van der Waals surface area contributed by atoms with Gasteiger partial charge in [0.15, 0.2) is 0 Å². The molecule has 1 atom stereocenters. The van der Waals surface area contributed by atoms with Crippen molar-refractivity contribution < 1.29 is 14.3 Å². The monoisotopic (exact) mass is 212 g/mol. The number of amides is 2. The molecule has 5 nitrogen and oxygen atoms in total. The number of hydrogen-bond acceptors (Lipinski definition) is 3. The molecule has 0 aromatic carbocycles. The van der Waals surface area contributed by atoms with E-state index in [1.807, 2.05) is 0 Å². The van der Waals surface area contributed by atoms with E-state index in [1.165, 1.54) is 6.08 Å². The Morgan fingerprint density at radius 1 is 1.67 bits per heavy atom. The van der Waals surface area contributed by atoms with Crippen LogP contribution in [0.1, 0.15) is 19.3 Å². The van der Waals surface area contributed by atoms with Crippen LogP contribution in [0.5, 0.6) is 0 Å². The first-order valence-electron chi connectivity index (χ1n) is 5.06. The zero-order valence-electron chi connectivity index (χ0n) is 8.62. The van der Waals surface area contributed by atoms with Crippen LogP contribution in [0.3, 0.4) is 0 Å². The molecule has 2 amide bonds. The van der Waals surface area contributed by atoms with Crippen molar-refractivity contribution in [3.63, 3.8) is 0 Å². The summed E-state index contributed by atoms with van der Waals surface area (Å²) in [5, 5.41) is 5.25. The molecule has 5 heteroatoms. The fourth-order valence-corrected chi connectivity index (χ4v) is 1.40. The molecule has 0 saturated carbocycles. The number of alkyl carbamates (subject to hydrolysis) is 1. The van der Waals surface area contributed by atoms with Crippen molar-refractivity contribution in [2.24, 2.45) is 0 Å². The maximum Gasteiger partial charge on any atom is 0.408 e. The number of rotatable bonds is 3. The minimum Gasteiger partial charge on any atom is -0.445 e. The summed E-state index contributed by atoms with van der Waals surface area (Å²) < 4.78 is 4.73. The van der Waals surface area contributed by atoms with Crippen LogP contribution in [0.25, 0.3) is 0 Å². The van der Waals surface area contributed by atoms with Gasteiger partial charge in [-0.15, -0.1) is 0 Å². The maximum absolute atomic E-state index is 11.4. The third-order valence-corrected chi connectivity index (χ3v) is 2.16. The van der Waals surface area contributed by atoms with E-state index < -0.39 is 12.1 Å². The standard InChI is InChI=1S/C10H16N2O3/c1-2-7-15-10(14)12-8-5-3-4-6-11-9(8)13/h2,8H,1,3-7H2,(H,11,13)(H,12,14)/t8-/m1/s1. The molecule has 15 heavy (non-hydrogen) atoms. The topological polar surface area (TPSA) is 67.4 Å². The molecule has 1 saturated heterocycles. The van der Waals surface area contributed by atoms with Gasteiger partial charge < -0.3 is 15.4 Å². The van der Waals surface area contributed by atoms with Crippen LogP contribution >= 0.6 is 0 Å². The molecule has 84 valence electrons. The molecule has 0 bridgehead atoms. The van der Waals surface area contributed by atoms with Gasteiger partial charge in [-0.1, -0.05) is 12.7 Å². The van der Waals surface area contributed by atoms with E-state index in [0.717, 1.165) is 12.8 Å². The van der Waals surface area contributed by atoms with E-state index in [4.69, 9.17) is 4.74 Å². The minimum absolute atomic E-state index is 0.136. The summed E-state index contributed by atoms with van der Waals surface area (Å²) in [5.74, 6) is -0.136. The summed E-state index contributed by atoms with van der Waals surface area (Å²) in [5.41, 5.74) is 0. The molecule has 0 aromatic heterocycles. The Labute approximate surface area is 88.9 Å². The first-order chi connectivity index (χ1) is 7.24. The lowest BCUT2D eigenvalue weighted by molar-refractivity contribution is -0.122. The summed E-state index contributed by atoms with van der Waals surface area (Å²) in [6.45, 7) is 4.26. The van der Waals surface area contributed by atoms with E-state index in [9.17, 15) is 9.59 Å². The van der Waals surface area contributed by atoms with Gasteiger partial charge in [0.2, 0.25) is 5.91 Å². The van der Waals surface area contributed by atoms with Crippen molar-refractivity contribution in [3.8, 4) is 0 Å². The molecule has 1 rings (SSSR count). The van der Waals surface area contributed by atoms with Gasteiger partial charge in [0.25, 0.3) is 0 Å². The first kappa shape index (κ1) is 11.6. The molecular weight excluding hydrogens is 196 g/mol. The smallest absolute Gasteiger partial charge is 0.408 e. The van der Waals surface area contributed by atoms with Crippen molar-refractivity contribution >= 4 is 12.0 Å². The van der Waals surface area contributed by atoms with Crippen molar-refractivity contribution in [2.75, 3.05) is 13.2 Å². The van der Waals surface area contributed by atoms with Gasteiger partial charge in [0, 0.05) is 6.54 Å². The number of hydrogen-bond donors (Lipinski definition) is 2. The molecule has 0 aromatic rings. The van der Waals surface area contributed by atoms with Gasteiger partial charge in [0.1, 0.15) is 12.6 Å². The Bertz CT molecular complexity index is 253. The van der Waals surface area contributed by atoms with Crippen molar-refractivity contribution in [1.29, 1.82) is 0 Å². The second kappa shape index (κ2) is 6.06. The lowest BCUT2D eigenvalue weighted by Crippen LogP contribution is -2.45. The van der Waals surface area contributed by atoms with Crippen molar-refractivity contribution in [2.45, 2.75) is 25.3 Å². The van der Waals surface area contributed by atoms with Gasteiger partial charge in [-0.25, -0.2) is 4.79 Å². The van der Waals surface area contributed by atoms with Crippen LogP contribution in [0.15, 0.2) is 12.7 Å². The van der Waals surface area contributed by atoms with Gasteiger partial charge in [-0.05, 0) is 19.3 Å². The Morgan fingerprint density at radius 2 is 2.47 bits per heavy atom. The van der Waals surface area contributed by atoms with Crippen LogP contribution in [-0.2, 0) is 9.53 Å². The van der Waals surface area contributed by atoms with E-state index >= 15 is 0 Å². The van der Waals surface area contributed by atoms with Gasteiger partial charge in [-0.3, -0.25) is 4.79 Å². The molecule has 0 aliphatic carbocycles. The Hall–Kier alpha value is -1.52. The Balaban J connectivity index is 2.37. The zero-order valence-corrected chi connectivity index (χ0v) is 8.62. The molecule has 0 radical (unpaired) electrons. The SMILES string of the molecule is C=CCOC(=O)N[C@@H]1CCCCNC1=O. The first-order valence-corrected chi connectivity index (χ1v) is 5.06. The average Bonchev–Trinajstić information content (AvgIpc) is 2.42. The zero-order chi connectivity index (χ0) is 11.1. The van der Waals surface area contributed by atoms with Gasteiger partial charge >= 0.3 is 6.09 Å². The molecule has 0 spiro atoms. The third kappa shape index (κ3) is 4.01. The highest BCUT2D eigenvalue weighted by Gasteiger charge is 2.22. The lowest BCUT2D eigenvalue weighted by atomic mass is 10.1. The number of carbonyl (C=O) groups excluding carboxylic acids is 2. The van der Waals surface area contributed by atoms with Crippen LogP contribution < -0.4 is 10.6 Å². The number of nitrogens with one attached hydrogen (secondary N) is 2. The number of ether oxygens (including phenoxy) is 1. The molecule has 1 fully saturated rings. The highest BCUT2D eigenvalue weighted by atomic mass is 16.5.